The van der Waals surface area contributed by atoms with Gasteiger partial charge in [0.25, 0.3) is 0 Å². The topological polar surface area (TPSA) is 96.0 Å². The summed E-state index contributed by atoms with van der Waals surface area (Å²) in [5.41, 5.74) is 1.17. The summed E-state index contributed by atoms with van der Waals surface area (Å²) in [7, 11) is -3.60. The predicted octanol–water partition coefficient (Wildman–Crippen LogP) is 4.35. The molecular weight excluding hydrogens is 509 g/mol. The minimum atomic E-state index is -3.60. The van der Waals surface area contributed by atoms with Crippen LogP contribution in [0.2, 0.25) is 0 Å². The number of nitrogens with zero attached hydrogens (tertiary/aromatic N) is 2. The fraction of sp³-hybridized carbons (Fsp3) is 0.500. The van der Waals surface area contributed by atoms with Gasteiger partial charge in [0.1, 0.15) is 17.6 Å². The molecule has 0 spiro atoms. The Morgan fingerprint density at radius 3 is 2.18 bits per heavy atom. The Morgan fingerprint density at radius 1 is 1.03 bits per heavy atom. The van der Waals surface area contributed by atoms with E-state index in [1.807, 2.05) is 27.7 Å². The van der Waals surface area contributed by atoms with Crippen molar-refractivity contribution in [2.45, 2.75) is 59.5 Å². The monoisotopic (exact) mass is 549 g/mol. The molecule has 2 rings (SSSR count). The van der Waals surface area contributed by atoms with Crippen molar-refractivity contribution in [3.8, 4) is 5.75 Å². The fourth-order valence-corrected chi connectivity index (χ4v) is 4.97. The average molecular weight is 550 g/mol. The second-order valence-corrected chi connectivity index (χ2v) is 11.5. The number of rotatable bonds is 15. The van der Waals surface area contributed by atoms with Crippen LogP contribution in [0, 0.1) is 11.7 Å². The number of hydrogen-bond donors (Lipinski definition) is 1. The first-order valence-electron chi connectivity index (χ1n) is 13.0. The Balaban J connectivity index is 2.19. The van der Waals surface area contributed by atoms with Gasteiger partial charge in [-0.15, -0.1) is 0 Å². The van der Waals surface area contributed by atoms with Gasteiger partial charge in [-0.1, -0.05) is 32.9 Å². The van der Waals surface area contributed by atoms with Crippen LogP contribution in [-0.4, -0.2) is 57.1 Å². The summed E-state index contributed by atoms with van der Waals surface area (Å²) >= 11 is 0. The molecule has 0 fully saturated rings. The summed E-state index contributed by atoms with van der Waals surface area (Å²) in [5.74, 6) is -0.0201. The van der Waals surface area contributed by atoms with Crippen molar-refractivity contribution in [1.29, 1.82) is 0 Å². The van der Waals surface area contributed by atoms with Gasteiger partial charge in [0, 0.05) is 26.1 Å². The standard InChI is InChI=1S/C28H40FN3O5S/c1-6-26(28(34)30-19-21(3)4)31(20-22-10-12-23(29)13-11-22)27(33)9-8-18-32(38(5,35)36)24-14-16-25(17-15-24)37-7-2/h10-17,21,26H,6-9,18-20H2,1-5H3,(H,30,34)/t26-/m1/s1. The number of nitrogens with one attached hydrogen (secondary N) is 1. The lowest BCUT2D eigenvalue weighted by Crippen LogP contribution is -2.49. The van der Waals surface area contributed by atoms with Gasteiger partial charge < -0.3 is 15.0 Å². The molecule has 1 N–H and O–H groups in total. The molecule has 38 heavy (non-hydrogen) atoms. The van der Waals surface area contributed by atoms with Crippen molar-refractivity contribution in [3.05, 3.63) is 59.9 Å². The third-order valence-corrected chi connectivity index (χ3v) is 7.12. The number of amides is 2. The van der Waals surface area contributed by atoms with Gasteiger partial charge in [0.2, 0.25) is 21.8 Å². The van der Waals surface area contributed by atoms with E-state index in [-0.39, 0.29) is 49.5 Å². The molecule has 0 aliphatic heterocycles. The Hall–Kier alpha value is -3.14. The van der Waals surface area contributed by atoms with Crippen LogP contribution in [0.15, 0.2) is 48.5 Å². The third-order valence-electron chi connectivity index (χ3n) is 5.92. The molecule has 0 saturated heterocycles. The van der Waals surface area contributed by atoms with E-state index in [1.165, 1.54) is 21.3 Å². The number of carbonyl (C=O) groups excluding carboxylic acids is 2. The summed E-state index contributed by atoms with van der Waals surface area (Å²) < 4.78 is 45.1. The number of ether oxygens (including phenoxy) is 1. The van der Waals surface area contributed by atoms with Gasteiger partial charge >= 0.3 is 0 Å². The van der Waals surface area contributed by atoms with Crippen LogP contribution in [0.5, 0.6) is 5.75 Å². The van der Waals surface area contributed by atoms with E-state index in [0.29, 0.717) is 36.6 Å². The number of benzene rings is 2. The average Bonchev–Trinajstić information content (AvgIpc) is 2.86. The Labute approximate surface area is 226 Å². The number of anilines is 1. The molecule has 0 aliphatic rings. The van der Waals surface area contributed by atoms with E-state index in [9.17, 15) is 22.4 Å². The lowest BCUT2D eigenvalue weighted by molar-refractivity contribution is -0.141. The van der Waals surface area contributed by atoms with Crippen molar-refractivity contribution < 1.29 is 27.1 Å². The molecule has 0 aliphatic carbocycles. The van der Waals surface area contributed by atoms with E-state index in [1.54, 1.807) is 36.4 Å². The van der Waals surface area contributed by atoms with Crippen LogP contribution in [0.3, 0.4) is 0 Å². The van der Waals surface area contributed by atoms with Crippen molar-refractivity contribution >= 4 is 27.5 Å². The molecule has 0 radical (unpaired) electrons. The minimum Gasteiger partial charge on any atom is -0.494 e. The Bertz CT molecular complexity index is 1140. The molecule has 8 nitrogen and oxygen atoms in total. The minimum absolute atomic E-state index is 0.0399. The first kappa shape index (κ1) is 31.1. The molecule has 210 valence electrons. The molecular formula is C28H40FN3O5S. The van der Waals surface area contributed by atoms with Crippen LogP contribution in [0.4, 0.5) is 10.1 Å². The maximum atomic E-state index is 13.4. The first-order valence-corrected chi connectivity index (χ1v) is 14.8. The Morgan fingerprint density at radius 2 is 1.66 bits per heavy atom. The van der Waals surface area contributed by atoms with Crippen LogP contribution < -0.4 is 14.4 Å². The fourth-order valence-electron chi connectivity index (χ4n) is 4.01. The normalized spacial score (nSPS) is 12.2. The number of sulfonamides is 1. The highest BCUT2D eigenvalue weighted by atomic mass is 32.2. The lowest BCUT2D eigenvalue weighted by Gasteiger charge is -2.31. The molecule has 2 aromatic rings. The quantitative estimate of drug-likeness (QED) is 0.356. The molecule has 2 amide bonds. The van der Waals surface area contributed by atoms with Crippen molar-refractivity contribution in [3.63, 3.8) is 0 Å². The van der Waals surface area contributed by atoms with Gasteiger partial charge in [-0.3, -0.25) is 13.9 Å². The van der Waals surface area contributed by atoms with Crippen molar-refractivity contribution in [1.82, 2.24) is 10.2 Å². The van der Waals surface area contributed by atoms with E-state index in [4.69, 9.17) is 4.74 Å². The molecule has 0 unspecified atom stereocenters. The zero-order valence-corrected chi connectivity index (χ0v) is 23.8. The second kappa shape index (κ2) is 14.7. The van der Waals surface area contributed by atoms with Gasteiger partial charge in [-0.2, -0.15) is 0 Å². The molecule has 0 bridgehead atoms. The summed E-state index contributed by atoms with van der Waals surface area (Å²) in [5, 5.41) is 2.90. The highest BCUT2D eigenvalue weighted by Gasteiger charge is 2.29. The van der Waals surface area contributed by atoms with E-state index >= 15 is 0 Å². The zero-order valence-electron chi connectivity index (χ0n) is 22.9. The zero-order chi connectivity index (χ0) is 28.3. The third kappa shape index (κ3) is 9.63. The first-order chi connectivity index (χ1) is 18.0. The number of hydrogen-bond acceptors (Lipinski definition) is 5. The van der Waals surface area contributed by atoms with Gasteiger partial charge in [0.05, 0.1) is 18.6 Å². The van der Waals surface area contributed by atoms with Crippen LogP contribution in [0.1, 0.15) is 52.5 Å². The molecule has 0 heterocycles. The maximum Gasteiger partial charge on any atom is 0.242 e. The van der Waals surface area contributed by atoms with Crippen LogP contribution in [0.25, 0.3) is 0 Å². The maximum absolute atomic E-state index is 13.4. The second-order valence-electron chi connectivity index (χ2n) is 9.58. The predicted molar refractivity (Wildman–Crippen MR) is 148 cm³/mol. The van der Waals surface area contributed by atoms with E-state index < -0.39 is 16.1 Å². The number of halogens is 1. The van der Waals surface area contributed by atoms with E-state index in [0.717, 1.165) is 6.26 Å². The molecule has 1 atom stereocenters. The number of carbonyl (C=O) groups is 2. The van der Waals surface area contributed by atoms with E-state index in [2.05, 4.69) is 5.32 Å². The van der Waals surface area contributed by atoms with Crippen molar-refractivity contribution in [2.24, 2.45) is 5.92 Å². The van der Waals surface area contributed by atoms with Crippen molar-refractivity contribution in [2.75, 3.05) is 30.3 Å². The summed E-state index contributed by atoms with van der Waals surface area (Å²) in [6, 6.07) is 11.8. The molecule has 2 aromatic carbocycles. The SMILES string of the molecule is CCOc1ccc(N(CCCC(=O)N(Cc2ccc(F)cc2)[C@H](CC)C(=O)NCC(C)C)S(C)(=O)=O)cc1. The summed E-state index contributed by atoms with van der Waals surface area (Å²) in [4.78, 5) is 27.9. The molecule has 0 saturated carbocycles. The van der Waals surface area contributed by atoms with Crippen LogP contribution in [-0.2, 0) is 26.2 Å². The highest BCUT2D eigenvalue weighted by Crippen LogP contribution is 2.23. The van der Waals surface area contributed by atoms with Gasteiger partial charge in [-0.25, -0.2) is 12.8 Å². The highest BCUT2D eigenvalue weighted by molar-refractivity contribution is 7.92. The molecule has 10 heteroatoms. The smallest absolute Gasteiger partial charge is 0.242 e. The summed E-state index contributed by atoms with van der Waals surface area (Å²) in [6.07, 6.45) is 1.82. The lowest BCUT2D eigenvalue weighted by atomic mass is 10.1. The van der Waals surface area contributed by atoms with Crippen LogP contribution >= 0.6 is 0 Å². The van der Waals surface area contributed by atoms with Gasteiger partial charge in [-0.05, 0) is 67.6 Å². The summed E-state index contributed by atoms with van der Waals surface area (Å²) in [6.45, 7) is 8.90. The Kier molecular flexibility index (Phi) is 12.0. The largest absolute Gasteiger partial charge is 0.494 e. The molecule has 0 aromatic heterocycles. The van der Waals surface area contributed by atoms with Gasteiger partial charge in [0.15, 0.2) is 0 Å².